The third-order valence-corrected chi connectivity index (χ3v) is 4.14. The van der Waals surface area contributed by atoms with Crippen LogP contribution in [-0.4, -0.2) is 13.2 Å². The van der Waals surface area contributed by atoms with Gasteiger partial charge in [-0.15, -0.1) is 6.58 Å². The molecule has 0 fully saturated rings. The van der Waals surface area contributed by atoms with E-state index in [1.165, 1.54) is 11.1 Å². The Hall–Kier alpha value is -2.26. The van der Waals surface area contributed by atoms with Gasteiger partial charge in [0.15, 0.2) is 11.5 Å². The molecule has 134 valence electrons. The molecule has 0 saturated carbocycles. The molecule has 2 aromatic carbocycles. The molecule has 0 aliphatic heterocycles. The SMILES string of the molecule is C=CCc1c(CN[C@@H](C)c2ccccc2)ccc(OC)c1OC(C)C. The van der Waals surface area contributed by atoms with Gasteiger partial charge in [-0.2, -0.15) is 0 Å². The van der Waals surface area contributed by atoms with Gasteiger partial charge in [-0.1, -0.05) is 42.5 Å². The lowest BCUT2D eigenvalue weighted by atomic mass is 10.0. The molecule has 25 heavy (non-hydrogen) atoms. The maximum Gasteiger partial charge on any atom is 0.165 e. The Kier molecular flexibility index (Phi) is 7.08. The van der Waals surface area contributed by atoms with Gasteiger partial charge in [0.2, 0.25) is 0 Å². The van der Waals surface area contributed by atoms with E-state index < -0.39 is 0 Å². The van der Waals surface area contributed by atoms with Crippen LogP contribution in [0.2, 0.25) is 0 Å². The fraction of sp³-hybridized carbons (Fsp3) is 0.364. The first kappa shape index (κ1) is 19.1. The van der Waals surface area contributed by atoms with Crippen LogP contribution in [0.3, 0.4) is 0 Å². The van der Waals surface area contributed by atoms with Crippen molar-refractivity contribution >= 4 is 0 Å². The van der Waals surface area contributed by atoms with Crippen molar-refractivity contribution in [2.24, 2.45) is 0 Å². The lowest BCUT2D eigenvalue weighted by Gasteiger charge is -2.21. The summed E-state index contributed by atoms with van der Waals surface area (Å²) in [6.45, 7) is 10.9. The summed E-state index contributed by atoms with van der Waals surface area (Å²) < 4.78 is 11.6. The fourth-order valence-electron chi connectivity index (χ4n) is 2.83. The predicted molar refractivity (Wildman–Crippen MR) is 104 cm³/mol. The van der Waals surface area contributed by atoms with E-state index in [9.17, 15) is 0 Å². The molecular weight excluding hydrogens is 310 g/mol. The molecule has 0 aliphatic carbocycles. The third-order valence-electron chi connectivity index (χ3n) is 4.14. The summed E-state index contributed by atoms with van der Waals surface area (Å²) in [6.07, 6.45) is 2.74. The Balaban J connectivity index is 2.25. The smallest absolute Gasteiger partial charge is 0.165 e. The molecule has 0 bridgehead atoms. The van der Waals surface area contributed by atoms with Crippen LogP contribution in [0.15, 0.2) is 55.1 Å². The zero-order chi connectivity index (χ0) is 18.2. The van der Waals surface area contributed by atoms with E-state index in [0.717, 1.165) is 30.0 Å². The Morgan fingerprint density at radius 1 is 1.08 bits per heavy atom. The lowest BCUT2D eigenvalue weighted by Crippen LogP contribution is -2.19. The highest BCUT2D eigenvalue weighted by Gasteiger charge is 2.16. The number of rotatable bonds is 9. The van der Waals surface area contributed by atoms with Crippen molar-refractivity contribution in [3.05, 3.63) is 71.8 Å². The minimum absolute atomic E-state index is 0.0870. The molecule has 3 heteroatoms. The summed E-state index contributed by atoms with van der Waals surface area (Å²) in [5, 5.41) is 3.60. The molecule has 1 N–H and O–H groups in total. The highest BCUT2D eigenvalue weighted by molar-refractivity contribution is 5.51. The van der Waals surface area contributed by atoms with Gasteiger partial charge >= 0.3 is 0 Å². The molecule has 0 radical (unpaired) electrons. The number of methoxy groups -OCH3 is 1. The van der Waals surface area contributed by atoms with Crippen molar-refractivity contribution in [3.8, 4) is 11.5 Å². The molecule has 0 amide bonds. The monoisotopic (exact) mass is 339 g/mol. The van der Waals surface area contributed by atoms with E-state index in [1.807, 2.05) is 32.1 Å². The van der Waals surface area contributed by atoms with Gasteiger partial charge in [0.05, 0.1) is 13.2 Å². The quantitative estimate of drug-likeness (QED) is 0.648. The van der Waals surface area contributed by atoms with Gasteiger partial charge in [0.1, 0.15) is 0 Å². The van der Waals surface area contributed by atoms with E-state index in [4.69, 9.17) is 9.47 Å². The second-order valence-corrected chi connectivity index (χ2v) is 6.41. The molecule has 0 aliphatic rings. The van der Waals surface area contributed by atoms with Crippen molar-refractivity contribution in [1.82, 2.24) is 5.32 Å². The summed E-state index contributed by atoms with van der Waals surface area (Å²) in [7, 11) is 1.68. The van der Waals surface area contributed by atoms with Crippen LogP contribution < -0.4 is 14.8 Å². The first-order valence-electron chi connectivity index (χ1n) is 8.81. The zero-order valence-electron chi connectivity index (χ0n) is 15.7. The molecule has 2 aromatic rings. The topological polar surface area (TPSA) is 30.5 Å². The van der Waals surface area contributed by atoms with Gasteiger partial charge < -0.3 is 14.8 Å². The highest BCUT2D eigenvalue weighted by Crippen LogP contribution is 2.35. The lowest BCUT2D eigenvalue weighted by molar-refractivity contribution is 0.227. The maximum atomic E-state index is 6.05. The predicted octanol–water partition coefficient (Wildman–Crippen LogP) is 5.06. The standard InChI is InChI=1S/C22H29NO2/c1-6-10-20-19(13-14-21(24-5)22(20)25-16(2)3)15-23-17(4)18-11-8-7-9-12-18/h6-9,11-14,16-17,23H,1,10,15H2,2-5H3/t17-/m0/s1. The normalized spacial score (nSPS) is 12.0. The minimum Gasteiger partial charge on any atom is -0.493 e. The number of hydrogen-bond donors (Lipinski definition) is 1. The fourth-order valence-corrected chi connectivity index (χ4v) is 2.83. The Morgan fingerprint density at radius 2 is 1.80 bits per heavy atom. The van der Waals surface area contributed by atoms with E-state index >= 15 is 0 Å². The second-order valence-electron chi connectivity index (χ2n) is 6.41. The summed E-state index contributed by atoms with van der Waals surface area (Å²) in [4.78, 5) is 0. The number of allylic oxidation sites excluding steroid dienone is 1. The van der Waals surface area contributed by atoms with E-state index in [1.54, 1.807) is 7.11 Å². The Morgan fingerprint density at radius 3 is 2.40 bits per heavy atom. The first-order valence-corrected chi connectivity index (χ1v) is 8.81. The summed E-state index contributed by atoms with van der Waals surface area (Å²) >= 11 is 0. The Bertz CT molecular complexity index is 680. The number of hydrogen-bond acceptors (Lipinski definition) is 3. The van der Waals surface area contributed by atoms with Gasteiger partial charge in [-0.05, 0) is 44.4 Å². The number of ether oxygens (including phenoxy) is 2. The van der Waals surface area contributed by atoms with Crippen LogP contribution in [-0.2, 0) is 13.0 Å². The molecule has 0 saturated heterocycles. The van der Waals surface area contributed by atoms with Gasteiger partial charge in [0.25, 0.3) is 0 Å². The molecular formula is C22H29NO2. The van der Waals surface area contributed by atoms with Gasteiger partial charge in [0, 0.05) is 18.2 Å². The van der Waals surface area contributed by atoms with Crippen molar-refractivity contribution in [3.63, 3.8) is 0 Å². The van der Waals surface area contributed by atoms with Crippen LogP contribution in [0.25, 0.3) is 0 Å². The molecule has 0 spiro atoms. The van der Waals surface area contributed by atoms with Crippen LogP contribution in [0.5, 0.6) is 11.5 Å². The molecule has 0 unspecified atom stereocenters. The van der Waals surface area contributed by atoms with Crippen molar-refractivity contribution < 1.29 is 9.47 Å². The summed E-state index contributed by atoms with van der Waals surface area (Å²) in [5.41, 5.74) is 3.62. The number of benzene rings is 2. The van der Waals surface area contributed by atoms with E-state index in [-0.39, 0.29) is 12.1 Å². The minimum atomic E-state index is 0.0870. The molecule has 2 rings (SSSR count). The molecule has 0 heterocycles. The second kappa shape index (κ2) is 9.28. The molecule has 3 nitrogen and oxygen atoms in total. The van der Waals surface area contributed by atoms with Crippen LogP contribution in [0.4, 0.5) is 0 Å². The van der Waals surface area contributed by atoms with Crippen molar-refractivity contribution in [2.75, 3.05) is 7.11 Å². The van der Waals surface area contributed by atoms with Crippen LogP contribution >= 0.6 is 0 Å². The summed E-state index contributed by atoms with van der Waals surface area (Å²) in [6, 6.07) is 14.8. The van der Waals surface area contributed by atoms with Crippen LogP contribution in [0.1, 0.15) is 43.5 Å². The average molecular weight is 339 g/mol. The third kappa shape index (κ3) is 5.10. The van der Waals surface area contributed by atoms with E-state index in [2.05, 4.69) is 49.2 Å². The van der Waals surface area contributed by atoms with Gasteiger partial charge in [-0.25, -0.2) is 0 Å². The number of nitrogens with one attached hydrogen (secondary N) is 1. The van der Waals surface area contributed by atoms with Crippen molar-refractivity contribution in [2.45, 2.75) is 45.9 Å². The van der Waals surface area contributed by atoms with Crippen LogP contribution in [0, 0.1) is 0 Å². The van der Waals surface area contributed by atoms with E-state index in [0.29, 0.717) is 0 Å². The molecule has 0 aromatic heterocycles. The summed E-state index contributed by atoms with van der Waals surface area (Å²) in [5.74, 6) is 1.59. The molecule has 1 atom stereocenters. The highest BCUT2D eigenvalue weighted by atomic mass is 16.5. The first-order chi connectivity index (χ1) is 12.1. The largest absolute Gasteiger partial charge is 0.493 e. The van der Waals surface area contributed by atoms with Crippen molar-refractivity contribution in [1.29, 1.82) is 0 Å². The zero-order valence-corrected chi connectivity index (χ0v) is 15.7. The average Bonchev–Trinajstić information content (AvgIpc) is 2.62. The Labute approximate surface area is 151 Å². The van der Waals surface area contributed by atoms with Gasteiger partial charge in [-0.3, -0.25) is 0 Å². The maximum absolute atomic E-state index is 6.05.